The maximum atomic E-state index is 12.6. The number of aromatic nitrogens is 2. The lowest BCUT2D eigenvalue weighted by atomic mass is 10.1. The van der Waals surface area contributed by atoms with Gasteiger partial charge in [0, 0.05) is 51.8 Å². The zero-order chi connectivity index (χ0) is 23.8. The highest BCUT2D eigenvalue weighted by Crippen LogP contribution is 2.40. The molecule has 1 aliphatic rings. The molecular weight excluding hydrogens is 502 g/mol. The van der Waals surface area contributed by atoms with E-state index in [1.807, 2.05) is 35.0 Å². The van der Waals surface area contributed by atoms with Crippen LogP contribution in [-0.2, 0) is 9.59 Å². The van der Waals surface area contributed by atoms with Crippen molar-refractivity contribution in [2.24, 2.45) is 0 Å². The second-order valence-corrected chi connectivity index (χ2v) is 9.65. The molecule has 0 atom stereocenters. The van der Waals surface area contributed by atoms with Crippen molar-refractivity contribution in [1.29, 1.82) is 0 Å². The van der Waals surface area contributed by atoms with Crippen molar-refractivity contribution in [3.05, 3.63) is 58.8 Å². The van der Waals surface area contributed by atoms with Gasteiger partial charge in [0.25, 0.3) is 11.8 Å². The Balaban J connectivity index is 0.00000289. The third kappa shape index (κ3) is 4.54. The molecule has 0 saturated carbocycles. The molecule has 10 heteroatoms. The summed E-state index contributed by atoms with van der Waals surface area (Å²) in [6.45, 7) is 7.75. The van der Waals surface area contributed by atoms with Gasteiger partial charge in [0.05, 0.1) is 5.39 Å². The molecule has 1 N–H and O–H groups in total. The molecule has 4 aromatic rings. The summed E-state index contributed by atoms with van der Waals surface area (Å²) in [7, 11) is 0. The molecule has 5 rings (SSSR count). The highest BCUT2D eigenvalue weighted by molar-refractivity contribution is 7.18. The van der Waals surface area contributed by atoms with E-state index in [2.05, 4.69) is 36.3 Å². The van der Waals surface area contributed by atoms with Gasteiger partial charge in [0.2, 0.25) is 0 Å². The number of hydrazine groups is 1. The number of halogens is 1. The van der Waals surface area contributed by atoms with Crippen LogP contribution >= 0.6 is 35.1 Å². The van der Waals surface area contributed by atoms with Crippen LogP contribution in [0.15, 0.2) is 58.8 Å². The summed E-state index contributed by atoms with van der Waals surface area (Å²) in [4.78, 5) is 38.7. The zero-order valence-electron chi connectivity index (χ0n) is 19.4. The van der Waals surface area contributed by atoms with E-state index in [9.17, 15) is 9.59 Å². The van der Waals surface area contributed by atoms with Crippen molar-refractivity contribution in [3.63, 3.8) is 0 Å². The van der Waals surface area contributed by atoms with Gasteiger partial charge in [-0.1, -0.05) is 6.07 Å². The Hall–Kier alpha value is -3.27. The fraction of sp³-hybridized carbons (Fsp3) is 0.200. The summed E-state index contributed by atoms with van der Waals surface area (Å²) in [5, 5.41) is 5.86. The first kappa shape index (κ1) is 24.8. The van der Waals surface area contributed by atoms with Gasteiger partial charge in [0.15, 0.2) is 11.6 Å². The summed E-state index contributed by atoms with van der Waals surface area (Å²) in [6.07, 6.45) is 1.33. The third-order valence-electron chi connectivity index (χ3n) is 5.79. The minimum atomic E-state index is -0.410. The number of nitrogens with one attached hydrogen (secondary N) is 1. The lowest BCUT2D eigenvalue weighted by Crippen LogP contribution is -2.36. The number of hydrogen-bond donors (Lipinski definition) is 1. The molecule has 0 bridgehead atoms. The van der Waals surface area contributed by atoms with Gasteiger partial charge in [-0.05, 0) is 56.5 Å². The summed E-state index contributed by atoms with van der Waals surface area (Å²) in [6, 6.07) is 12.2. The number of fused-ring (bicyclic) bond motifs is 1. The number of thiophene rings is 2. The summed E-state index contributed by atoms with van der Waals surface area (Å²) in [5.74, 6) is 0.175. The Bertz CT molecular complexity index is 1410. The molecule has 1 aromatic carbocycles. The molecule has 180 valence electrons. The molecule has 0 aliphatic carbocycles. The monoisotopic (exact) mass is 525 g/mol. The number of nitrogens with zero attached hydrogens (tertiary/aromatic N) is 4. The van der Waals surface area contributed by atoms with Gasteiger partial charge in [-0.25, -0.2) is 9.97 Å². The lowest BCUT2D eigenvalue weighted by Gasteiger charge is -2.21. The number of benzene rings is 1. The quantitative estimate of drug-likeness (QED) is 0.298. The summed E-state index contributed by atoms with van der Waals surface area (Å²) >= 11 is 3.13. The van der Waals surface area contributed by atoms with Crippen molar-refractivity contribution in [3.8, 4) is 21.8 Å². The molecule has 2 amide bonds. The van der Waals surface area contributed by atoms with E-state index in [1.165, 1.54) is 17.4 Å². The number of carbonyl (C=O) groups excluding carboxylic acids is 2. The number of anilines is 2. The molecule has 35 heavy (non-hydrogen) atoms. The van der Waals surface area contributed by atoms with Gasteiger partial charge >= 0.3 is 0 Å². The Morgan fingerprint density at radius 3 is 2.37 bits per heavy atom. The number of imide groups is 1. The van der Waals surface area contributed by atoms with Gasteiger partial charge in [-0.15, -0.1) is 35.1 Å². The molecule has 4 heterocycles. The minimum Gasteiger partial charge on any atom is -0.372 e. The Morgan fingerprint density at radius 2 is 1.77 bits per heavy atom. The SMILES string of the molecule is CCN(CC)c1ccc(-c2nc(NN3C(=O)C=C(C)C3=O)c3c(-c4cccs4)csc3n2)cc1.Cl. The molecule has 7 nitrogen and oxygen atoms in total. The number of carbonyl (C=O) groups is 2. The van der Waals surface area contributed by atoms with E-state index in [4.69, 9.17) is 9.97 Å². The molecule has 0 radical (unpaired) electrons. The minimum absolute atomic E-state index is 0. The normalized spacial score (nSPS) is 13.2. The Kier molecular flexibility index (Phi) is 7.20. The zero-order valence-corrected chi connectivity index (χ0v) is 21.9. The fourth-order valence-electron chi connectivity index (χ4n) is 3.97. The van der Waals surface area contributed by atoms with Crippen molar-refractivity contribution in [2.45, 2.75) is 20.8 Å². The van der Waals surface area contributed by atoms with Crippen molar-refractivity contribution in [1.82, 2.24) is 15.0 Å². The topological polar surface area (TPSA) is 78.4 Å². The number of rotatable bonds is 7. The first-order chi connectivity index (χ1) is 16.5. The van der Waals surface area contributed by atoms with Crippen molar-refractivity contribution in [2.75, 3.05) is 23.4 Å². The standard InChI is InChI=1S/C25H23N5O2S2.ClH/c1-4-29(5-2)17-10-8-16(9-11-17)22-26-23(28-30-20(31)13-15(3)25(30)32)21-18(14-34-24(21)27-22)19-7-6-12-33-19;/h6-14H,4-5H2,1-3H3,(H,26,27,28);1H. The lowest BCUT2D eigenvalue weighted by molar-refractivity contribution is -0.135. The molecule has 0 unspecified atom stereocenters. The van der Waals surface area contributed by atoms with Crippen LogP contribution in [0, 0.1) is 0 Å². The van der Waals surface area contributed by atoms with E-state index in [0.717, 1.165) is 50.0 Å². The largest absolute Gasteiger partial charge is 0.372 e. The van der Waals surface area contributed by atoms with Crippen molar-refractivity contribution < 1.29 is 9.59 Å². The predicted octanol–water partition coefficient (Wildman–Crippen LogP) is 6.00. The van der Waals surface area contributed by atoms with Crippen LogP contribution in [0.4, 0.5) is 11.5 Å². The Morgan fingerprint density at radius 1 is 1.03 bits per heavy atom. The van der Waals surface area contributed by atoms with Crippen LogP contribution in [0.5, 0.6) is 0 Å². The fourth-order valence-corrected chi connectivity index (χ4v) is 5.74. The highest BCUT2D eigenvalue weighted by Gasteiger charge is 2.30. The van der Waals surface area contributed by atoms with Gasteiger partial charge < -0.3 is 4.90 Å². The van der Waals surface area contributed by atoms with Gasteiger partial charge in [-0.2, -0.15) is 5.01 Å². The predicted molar refractivity (Wildman–Crippen MR) is 146 cm³/mol. The number of hydrogen-bond acceptors (Lipinski definition) is 8. The van der Waals surface area contributed by atoms with Gasteiger partial charge in [0.1, 0.15) is 4.83 Å². The second-order valence-electron chi connectivity index (χ2n) is 7.84. The van der Waals surface area contributed by atoms with E-state index >= 15 is 0 Å². The van der Waals surface area contributed by atoms with Crippen LogP contribution in [0.2, 0.25) is 0 Å². The highest BCUT2D eigenvalue weighted by atomic mass is 35.5. The van der Waals surface area contributed by atoms with E-state index < -0.39 is 5.91 Å². The van der Waals surface area contributed by atoms with E-state index in [-0.39, 0.29) is 18.3 Å². The van der Waals surface area contributed by atoms with Crippen LogP contribution in [-0.4, -0.2) is 39.9 Å². The maximum absolute atomic E-state index is 12.6. The van der Waals surface area contributed by atoms with Crippen LogP contribution < -0.4 is 10.3 Å². The first-order valence-electron chi connectivity index (χ1n) is 11.0. The second kappa shape index (κ2) is 10.2. The molecule has 0 saturated heterocycles. The van der Waals surface area contributed by atoms with Crippen LogP contribution in [0.3, 0.4) is 0 Å². The molecular formula is C25H24ClN5O2S2. The molecule has 1 aliphatic heterocycles. The number of amides is 2. The van der Waals surface area contributed by atoms with Crippen LogP contribution in [0.25, 0.3) is 32.0 Å². The molecule has 3 aromatic heterocycles. The molecule has 0 spiro atoms. The maximum Gasteiger partial charge on any atom is 0.275 e. The van der Waals surface area contributed by atoms with E-state index in [1.54, 1.807) is 18.3 Å². The smallest absolute Gasteiger partial charge is 0.275 e. The summed E-state index contributed by atoms with van der Waals surface area (Å²) in [5.41, 5.74) is 6.36. The average Bonchev–Trinajstić information content (AvgIpc) is 3.57. The average molecular weight is 526 g/mol. The molecule has 0 fully saturated rings. The van der Waals surface area contributed by atoms with Gasteiger partial charge in [-0.3, -0.25) is 15.0 Å². The Labute approximate surface area is 217 Å². The first-order valence-corrected chi connectivity index (χ1v) is 12.8. The third-order valence-corrected chi connectivity index (χ3v) is 7.57. The van der Waals surface area contributed by atoms with E-state index in [0.29, 0.717) is 17.2 Å². The van der Waals surface area contributed by atoms with Crippen LogP contribution in [0.1, 0.15) is 20.8 Å². The summed E-state index contributed by atoms with van der Waals surface area (Å²) < 4.78 is 0. The van der Waals surface area contributed by atoms with Crippen molar-refractivity contribution >= 4 is 68.6 Å².